The molecule has 0 bridgehead atoms. The van der Waals surface area contributed by atoms with E-state index in [2.05, 4.69) is 5.32 Å². The number of hydrogen-bond donors (Lipinski definition) is 2. The molecule has 2 atom stereocenters. The van der Waals surface area contributed by atoms with Crippen LogP contribution < -0.4 is 5.32 Å². The highest BCUT2D eigenvalue weighted by Crippen LogP contribution is 2.57. The summed E-state index contributed by atoms with van der Waals surface area (Å²) >= 11 is 0. The van der Waals surface area contributed by atoms with Crippen LogP contribution in [-0.2, 0) is 17.9 Å². The molecule has 1 aromatic carbocycles. The second kappa shape index (κ2) is 4.73. The molecule has 0 spiro atoms. The van der Waals surface area contributed by atoms with E-state index in [-0.39, 0.29) is 12.5 Å². The molecule has 2 unspecified atom stereocenters. The van der Waals surface area contributed by atoms with Crippen molar-refractivity contribution in [1.82, 2.24) is 5.32 Å². The molecule has 2 fully saturated rings. The van der Waals surface area contributed by atoms with E-state index in [9.17, 15) is 4.79 Å². The van der Waals surface area contributed by atoms with Gasteiger partial charge < -0.3 is 10.4 Å². The summed E-state index contributed by atoms with van der Waals surface area (Å²) in [5.74, 6) is 1.86. The van der Waals surface area contributed by atoms with E-state index in [0.29, 0.717) is 24.3 Å². The molecule has 3 nitrogen and oxygen atoms in total. The molecular formula is C15H19NO2. The largest absolute Gasteiger partial charge is 0.392 e. The van der Waals surface area contributed by atoms with Crippen molar-refractivity contribution in [1.29, 1.82) is 0 Å². The monoisotopic (exact) mass is 245 g/mol. The molecule has 2 saturated carbocycles. The standard InChI is InChI=1S/C15H19NO2/c17-9-11-4-1-3-10(7-11)8-16-15(18)14-12-5-2-6-13(12)14/h1,3-4,7,12-14,17H,2,5-6,8-9H2,(H,16,18). The molecule has 1 aromatic rings. The summed E-state index contributed by atoms with van der Waals surface area (Å²) in [7, 11) is 0. The molecule has 3 rings (SSSR count). The zero-order valence-corrected chi connectivity index (χ0v) is 10.4. The Morgan fingerprint density at radius 1 is 1.28 bits per heavy atom. The molecule has 0 saturated heterocycles. The Labute approximate surface area is 107 Å². The maximum Gasteiger partial charge on any atom is 0.223 e. The first-order valence-electron chi connectivity index (χ1n) is 6.76. The molecule has 0 heterocycles. The minimum absolute atomic E-state index is 0.0502. The van der Waals surface area contributed by atoms with E-state index in [1.807, 2.05) is 24.3 Å². The maximum absolute atomic E-state index is 12.0. The third-order valence-electron chi connectivity index (χ3n) is 4.35. The number of amides is 1. The highest BCUT2D eigenvalue weighted by Gasteiger charge is 2.56. The fraction of sp³-hybridized carbons (Fsp3) is 0.533. The zero-order valence-electron chi connectivity index (χ0n) is 10.4. The van der Waals surface area contributed by atoms with Crippen LogP contribution in [0.15, 0.2) is 24.3 Å². The number of carbonyl (C=O) groups excluding carboxylic acids is 1. The first kappa shape index (κ1) is 11.7. The van der Waals surface area contributed by atoms with Crippen LogP contribution in [0.5, 0.6) is 0 Å². The van der Waals surface area contributed by atoms with Crippen molar-refractivity contribution in [3.8, 4) is 0 Å². The van der Waals surface area contributed by atoms with Gasteiger partial charge in [0.25, 0.3) is 0 Å². The number of aliphatic hydroxyl groups excluding tert-OH is 1. The summed E-state index contributed by atoms with van der Waals surface area (Å²) < 4.78 is 0. The van der Waals surface area contributed by atoms with Crippen LogP contribution >= 0.6 is 0 Å². The van der Waals surface area contributed by atoms with Crippen molar-refractivity contribution in [2.75, 3.05) is 0 Å². The molecule has 2 aliphatic carbocycles. The Balaban J connectivity index is 1.53. The van der Waals surface area contributed by atoms with E-state index in [4.69, 9.17) is 5.11 Å². The zero-order chi connectivity index (χ0) is 12.5. The van der Waals surface area contributed by atoms with E-state index in [0.717, 1.165) is 11.1 Å². The number of rotatable bonds is 4. The summed E-state index contributed by atoms with van der Waals surface area (Å²) in [4.78, 5) is 12.0. The lowest BCUT2D eigenvalue weighted by molar-refractivity contribution is -0.123. The molecule has 0 aliphatic heterocycles. The summed E-state index contributed by atoms with van der Waals surface area (Å²) in [6.45, 7) is 0.622. The van der Waals surface area contributed by atoms with E-state index >= 15 is 0 Å². The Morgan fingerprint density at radius 3 is 2.72 bits per heavy atom. The second-order valence-electron chi connectivity index (χ2n) is 5.48. The molecule has 18 heavy (non-hydrogen) atoms. The summed E-state index contributed by atoms with van der Waals surface area (Å²) in [6, 6.07) is 7.72. The summed E-state index contributed by atoms with van der Waals surface area (Å²) in [5.41, 5.74) is 1.95. The van der Waals surface area contributed by atoms with Crippen LogP contribution in [-0.4, -0.2) is 11.0 Å². The van der Waals surface area contributed by atoms with Crippen LogP contribution in [0.1, 0.15) is 30.4 Å². The van der Waals surface area contributed by atoms with Gasteiger partial charge in [-0.25, -0.2) is 0 Å². The molecular weight excluding hydrogens is 226 g/mol. The van der Waals surface area contributed by atoms with Crippen LogP contribution in [0.4, 0.5) is 0 Å². The number of carbonyl (C=O) groups is 1. The third kappa shape index (κ3) is 2.15. The Morgan fingerprint density at radius 2 is 2.00 bits per heavy atom. The van der Waals surface area contributed by atoms with Crippen molar-refractivity contribution in [3.63, 3.8) is 0 Å². The summed E-state index contributed by atoms with van der Waals surface area (Å²) in [5, 5.41) is 12.1. The molecule has 0 aromatic heterocycles. The molecule has 2 N–H and O–H groups in total. The second-order valence-corrected chi connectivity index (χ2v) is 5.48. The number of fused-ring (bicyclic) bond motifs is 1. The fourth-order valence-electron chi connectivity index (χ4n) is 3.36. The minimum Gasteiger partial charge on any atom is -0.392 e. The Bertz CT molecular complexity index is 448. The lowest BCUT2D eigenvalue weighted by Gasteiger charge is -2.07. The van der Waals surface area contributed by atoms with Gasteiger partial charge in [0.1, 0.15) is 0 Å². The highest BCUT2D eigenvalue weighted by atomic mass is 16.3. The van der Waals surface area contributed by atoms with Crippen molar-refractivity contribution in [2.45, 2.75) is 32.4 Å². The number of aliphatic hydroxyl groups is 1. The molecule has 96 valence electrons. The van der Waals surface area contributed by atoms with Gasteiger partial charge in [-0.3, -0.25) is 4.79 Å². The van der Waals surface area contributed by atoms with Gasteiger partial charge in [-0.2, -0.15) is 0 Å². The topological polar surface area (TPSA) is 49.3 Å². The lowest BCUT2D eigenvalue weighted by atomic mass is 10.1. The van der Waals surface area contributed by atoms with Gasteiger partial charge in [0, 0.05) is 12.5 Å². The van der Waals surface area contributed by atoms with E-state index in [1.54, 1.807) is 0 Å². The fourth-order valence-corrected chi connectivity index (χ4v) is 3.36. The van der Waals surface area contributed by atoms with Gasteiger partial charge >= 0.3 is 0 Å². The number of nitrogens with one attached hydrogen (secondary N) is 1. The normalized spacial score (nSPS) is 28.8. The van der Waals surface area contributed by atoms with Crippen molar-refractivity contribution < 1.29 is 9.90 Å². The van der Waals surface area contributed by atoms with Crippen LogP contribution in [0, 0.1) is 17.8 Å². The van der Waals surface area contributed by atoms with Gasteiger partial charge in [0.2, 0.25) is 5.91 Å². The Kier molecular flexibility index (Phi) is 3.08. The first-order valence-corrected chi connectivity index (χ1v) is 6.76. The van der Waals surface area contributed by atoms with E-state index < -0.39 is 0 Å². The smallest absolute Gasteiger partial charge is 0.223 e. The quantitative estimate of drug-likeness (QED) is 0.850. The average Bonchev–Trinajstić information content (AvgIpc) is 2.89. The predicted octanol–water partition coefficient (Wildman–Crippen LogP) is 1.84. The number of hydrogen-bond acceptors (Lipinski definition) is 2. The molecule has 3 heteroatoms. The van der Waals surface area contributed by atoms with Gasteiger partial charge in [-0.1, -0.05) is 30.7 Å². The molecule has 2 aliphatic rings. The predicted molar refractivity (Wildman–Crippen MR) is 68.5 cm³/mol. The van der Waals surface area contributed by atoms with E-state index in [1.165, 1.54) is 19.3 Å². The first-order chi connectivity index (χ1) is 8.79. The van der Waals surface area contributed by atoms with Crippen LogP contribution in [0.25, 0.3) is 0 Å². The van der Waals surface area contributed by atoms with Gasteiger partial charge in [-0.05, 0) is 35.8 Å². The lowest BCUT2D eigenvalue weighted by Crippen LogP contribution is -2.26. The van der Waals surface area contributed by atoms with Gasteiger partial charge in [-0.15, -0.1) is 0 Å². The molecule has 1 amide bonds. The van der Waals surface area contributed by atoms with Crippen LogP contribution in [0.2, 0.25) is 0 Å². The van der Waals surface area contributed by atoms with Crippen molar-refractivity contribution in [2.24, 2.45) is 17.8 Å². The average molecular weight is 245 g/mol. The highest BCUT2D eigenvalue weighted by molar-refractivity contribution is 5.82. The SMILES string of the molecule is O=C(NCc1cccc(CO)c1)C1C2CCCC21. The maximum atomic E-state index is 12.0. The Hall–Kier alpha value is -1.35. The molecule has 0 radical (unpaired) electrons. The van der Waals surface area contributed by atoms with Gasteiger partial charge in [0.05, 0.1) is 6.61 Å². The third-order valence-corrected chi connectivity index (χ3v) is 4.35. The number of benzene rings is 1. The minimum atomic E-state index is 0.0502. The van der Waals surface area contributed by atoms with Gasteiger partial charge in [0.15, 0.2) is 0 Å². The van der Waals surface area contributed by atoms with Crippen molar-refractivity contribution in [3.05, 3.63) is 35.4 Å². The summed E-state index contributed by atoms with van der Waals surface area (Å²) in [6.07, 6.45) is 3.78. The van der Waals surface area contributed by atoms with Crippen molar-refractivity contribution >= 4 is 5.91 Å². The van der Waals surface area contributed by atoms with Crippen LogP contribution in [0.3, 0.4) is 0 Å².